The Bertz CT molecular complexity index is 1300. The van der Waals surface area contributed by atoms with Gasteiger partial charge in [0, 0.05) is 35.7 Å². The number of hydrogen-bond donors (Lipinski definition) is 3. The second kappa shape index (κ2) is 11.7. The molecular weight excluding hydrogens is 471 g/mol. The first-order chi connectivity index (χ1) is 18.1. The standard InChI is InChI=1S/C30H33FN2O4/c31-14-15-32-29(21-6-11-25(12-7-21)36-19-18-33-16-2-1-3-17-33)28-26-13-10-24(35)20-27(26)37-30(28)22-4-8-23(34)9-5-22/h4-13,20,29,32,34-35H,1-3,14-19H2. The third kappa shape index (κ3) is 5.89. The van der Waals surface area contributed by atoms with E-state index in [1.807, 2.05) is 30.3 Å². The van der Waals surface area contributed by atoms with Gasteiger partial charge in [0.15, 0.2) is 0 Å². The van der Waals surface area contributed by atoms with E-state index in [0.29, 0.717) is 18.0 Å². The number of alkyl halides is 1. The van der Waals surface area contributed by atoms with Gasteiger partial charge in [-0.3, -0.25) is 4.90 Å². The van der Waals surface area contributed by atoms with Gasteiger partial charge in [0.05, 0.1) is 6.04 Å². The van der Waals surface area contributed by atoms with E-state index in [4.69, 9.17) is 9.15 Å². The van der Waals surface area contributed by atoms with Gasteiger partial charge in [-0.05, 0) is 80.0 Å². The zero-order valence-corrected chi connectivity index (χ0v) is 20.8. The molecular formula is C30H33FN2O4. The molecule has 1 aliphatic rings. The van der Waals surface area contributed by atoms with Gasteiger partial charge in [-0.15, -0.1) is 0 Å². The van der Waals surface area contributed by atoms with Gasteiger partial charge in [-0.2, -0.15) is 0 Å². The number of aromatic hydroxyl groups is 2. The topological polar surface area (TPSA) is 78.1 Å². The second-order valence-corrected chi connectivity index (χ2v) is 9.47. The van der Waals surface area contributed by atoms with Gasteiger partial charge in [0.2, 0.25) is 0 Å². The van der Waals surface area contributed by atoms with Crippen LogP contribution in [0.3, 0.4) is 0 Å². The predicted octanol–water partition coefficient (Wildman–Crippen LogP) is 6.02. The van der Waals surface area contributed by atoms with Crippen LogP contribution in [0.1, 0.15) is 36.4 Å². The lowest BCUT2D eigenvalue weighted by Crippen LogP contribution is -2.33. The molecule has 194 valence electrons. The Kier molecular flexibility index (Phi) is 7.92. The van der Waals surface area contributed by atoms with Crippen molar-refractivity contribution in [1.29, 1.82) is 0 Å². The first-order valence-corrected chi connectivity index (χ1v) is 12.9. The zero-order chi connectivity index (χ0) is 25.6. The number of ether oxygens (including phenoxy) is 1. The van der Waals surface area contributed by atoms with Crippen LogP contribution in [-0.4, -0.2) is 54.6 Å². The Hall–Kier alpha value is -3.55. The van der Waals surface area contributed by atoms with E-state index in [9.17, 15) is 14.6 Å². The lowest BCUT2D eigenvalue weighted by atomic mass is 9.93. The van der Waals surface area contributed by atoms with E-state index in [2.05, 4.69) is 10.2 Å². The molecule has 0 aliphatic carbocycles. The number of furan rings is 1. The first kappa shape index (κ1) is 25.1. The van der Waals surface area contributed by atoms with Crippen LogP contribution in [0.15, 0.2) is 71.1 Å². The molecule has 4 aromatic rings. The van der Waals surface area contributed by atoms with Gasteiger partial charge in [-0.1, -0.05) is 18.6 Å². The number of halogens is 1. The predicted molar refractivity (Wildman–Crippen MR) is 143 cm³/mol. The van der Waals surface area contributed by atoms with E-state index < -0.39 is 6.67 Å². The van der Waals surface area contributed by atoms with Crippen LogP contribution in [0.2, 0.25) is 0 Å². The van der Waals surface area contributed by atoms with Crippen molar-refractivity contribution in [2.75, 3.05) is 39.5 Å². The van der Waals surface area contributed by atoms with Gasteiger partial charge in [0.1, 0.15) is 41.9 Å². The molecule has 1 unspecified atom stereocenters. The normalized spacial score (nSPS) is 15.2. The highest BCUT2D eigenvalue weighted by atomic mass is 19.1. The van der Waals surface area contributed by atoms with Crippen molar-refractivity contribution < 1.29 is 23.8 Å². The van der Waals surface area contributed by atoms with Crippen LogP contribution in [0.4, 0.5) is 4.39 Å². The van der Waals surface area contributed by atoms with Crippen LogP contribution in [0.5, 0.6) is 17.2 Å². The van der Waals surface area contributed by atoms with Gasteiger partial charge in [0.25, 0.3) is 0 Å². The number of benzene rings is 3. The maximum Gasteiger partial charge on any atom is 0.140 e. The van der Waals surface area contributed by atoms with Crippen molar-refractivity contribution in [3.63, 3.8) is 0 Å². The Morgan fingerprint density at radius 3 is 2.38 bits per heavy atom. The minimum absolute atomic E-state index is 0.101. The number of phenols is 2. The monoisotopic (exact) mass is 504 g/mol. The Labute approximate surface area is 216 Å². The molecule has 0 bridgehead atoms. The summed E-state index contributed by atoms with van der Waals surface area (Å²) in [6, 6.07) is 19.3. The summed E-state index contributed by atoms with van der Waals surface area (Å²) in [7, 11) is 0. The number of piperidine rings is 1. The molecule has 0 amide bonds. The summed E-state index contributed by atoms with van der Waals surface area (Å²) in [5.74, 6) is 1.65. The SMILES string of the molecule is Oc1ccc(-c2oc3cc(O)ccc3c2C(NCCF)c2ccc(OCCN3CCCCC3)cc2)cc1. The van der Waals surface area contributed by atoms with E-state index in [1.165, 1.54) is 19.3 Å². The molecule has 1 fully saturated rings. The van der Waals surface area contributed by atoms with E-state index in [-0.39, 0.29) is 24.1 Å². The Morgan fingerprint density at radius 2 is 1.65 bits per heavy atom. The number of likely N-dealkylation sites (tertiary alicyclic amines) is 1. The maximum absolute atomic E-state index is 13.3. The van der Waals surface area contributed by atoms with Crippen LogP contribution in [-0.2, 0) is 0 Å². The molecule has 5 rings (SSSR count). The van der Waals surface area contributed by atoms with Crippen molar-refractivity contribution >= 4 is 11.0 Å². The van der Waals surface area contributed by atoms with Crippen molar-refractivity contribution in [2.24, 2.45) is 0 Å². The minimum Gasteiger partial charge on any atom is -0.508 e. The number of phenolic OH excluding ortho intramolecular Hbond substituents is 2. The van der Waals surface area contributed by atoms with E-state index in [1.54, 1.807) is 36.4 Å². The molecule has 1 atom stereocenters. The summed E-state index contributed by atoms with van der Waals surface area (Å²) in [4.78, 5) is 2.45. The summed E-state index contributed by atoms with van der Waals surface area (Å²) in [5.41, 5.74) is 3.08. The highest BCUT2D eigenvalue weighted by Crippen LogP contribution is 2.41. The third-order valence-electron chi connectivity index (χ3n) is 6.91. The Balaban J connectivity index is 1.45. The maximum atomic E-state index is 13.3. The molecule has 2 heterocycles. The van der Waals surface area contributed by atoms with Crippen molar-refractivity contribution in [3.8, 4) is 28.6 Å². The fourth-order valence-corrected chi connectivity index (χ4v) is 5.04. The quantitative estimate of drug-likeness (QED) is 0.245. The average Bonchev–Trinajstić information content (AvgIpc) is 3.29. The molecule has 3 N–H and O–H groups in total. The largest absolute Gasteiger partial charge is 0.508 e. The summed E-state index contributed by atoms with van der Waals surface area (Å²) < 4.78 is 25.6. The van der Waals surface area contributed by atoms with Crippen LogP contribution in [0, 0.1) is 0 Å². The number of hydrogen-bond acceptors (Lipinski definition) is 6. The highest BCUT2D eigenvalue weighted by Gasteiger charge is 2.25. The molecule has 1 aromatic heterocycles. The van der Waals surface area contributed by atoms with E-state index >= 15 is 0 Å². The lowest BCUT2D eigenvalue weighted by molar-refractivity contribution is 0.183. The summed E-state index contributed by atoms with van der Waals surface area (Å²) in [6.45, 7) is 3.50. The van der Waals surface area contributed by atoms with Crippen LogP contribution < -0.4 is 10.1 Å². The number of rotatable bonds is 10. The van der Waals surface area contributed by atoms with Gasteiger partial charge < -0.3 is 24.7 Å². The molecule has 7 heteroatoms. The molecule has 3 aromatic carbocycles. The summed E-state index contributed by atoms with van der Waals surface area (Å²) in [6.07, 6.45) is 3.84. The fraction of sp³-hybridized carbons (Fsp3) is 0.333. The second-order valence-electron chi connectivity index (χ2n) is 9.47. The smallest absolute Gasteiger partial charge is 0.140 e. The number of fused-ring (bicyclic) bond motifs is 1. The van der Waals surface area contributed by atoms with Crippen molar-refractivity contribution in [3.05, 3.63) is 77.9 Å². The summed E-state index contributed by atoms with van der Waals surface area (Å²) >= 11 is 0. The molecule has 6 nitrogen and oxygen atoms in total. The molecule has 1 aliphatic heterocycles. The highest BCUT2D eigenvalue weighted by molar-refractivity contribution is 5.90. The number of nitrogens with one attached hydrogen (secondary N) is 1. The third-order valence-corrected chi connectivity index (χ3v) is 6.91. The summed E-state index contributed by atoms with van der Waals surface area (Å²) in [5, 5.41) is 24.0. The lowest BCUT2D eigenvalue weighted by Gasteiger charge is -2.26. The van der Waals surface area contributed by atoms with Crippen molar-refractivity contribution in [1.82, 2.24) is 10.2 Å². The molecule has 0 saturated carbocycles. The first-order valence-electron chi connectivity index (χ1n) is 12.9. The van der Waals surface area contributed by atoms with Crippen molar-refractivity contribution in [2.45, 2.75) is 25.3 Å². The molecule has 0 spiro atoms. The van der Waals surface area contributed by atoms with E-state index in [0.717, 1.165) is 47.5 Å². The molecule has 37 heavy (non-hydrogen) atoms. The van der Waals surface area contributed by atoms with Crippen LogP contribution in [0.25, 0.3) is 22.3 Å². The average molecular weight is 505 g/mol. The zero-order valence-electron chi connectivity index (χ0n) is 20.8. The number of nitrogens with zero attached hydrogens (tertiary/aromatic N) is 1. The molecule has 1 saturated heterocycles. The van der Waals surface area contributed by atoms with Gasteiger partial charge in [-0.25, -0.2) is 4.39 Å². The minimum atomic E-state index is -0.515. The molecule has 0 radical (unpaired) electrons. The van der Waals surface area contributed by atoms with Crippen LogP contribution >= 0.6 is 0 Å². The fourth-order valence-electron chi connectivity index (χ4n) is 5.04. The van der Waals surface area contributed by atoms with Gasteiger partial charge >= 0.3 is 0 Å². The Morgan fingerprint density at radius 1 is 0.919 bits per heavy atom.